The van der Waals surface area contributed by atoms with Crippen LogP contribution in [0.25, 0.3) is 0 Å². The van der Waals surface area contributed by atoms with Crippen molar-refractivity contribution >= 4 is 31.5 Å². The van der Waals surface area contributed by atoms with Crippen molar-refractivity contribution in [3.63, 3.8) is 0 Å². The molecule has 0 aliphatic heterocycles. The Balaban J connectivity index is 2.08. The number of benzene rings is 2. The summed E-state index contributed by atoms with van der Waals surface area (Å²) in [4.78, 5) is 4.12. The van der Waals surface area contributed by atoms with Crippen molar-refractivity contribution in [2.24, 2.45) is 0 Å². The number of aromatic nitrogens is 1. The molecule has 1 aromatic heterocycles. The topological polar surface area (TPSA) is 93.2 Å². The predicted molar refractivity (Wildman–Crippen MR) is 112 cm³/mol. The number of nitrogens with zero attached hydrogens (tertiary/aromatic N) is 1. The molecule has 0 unspecified atom stereocenters. The Morgan fingerprint density at radius 3 is 2.26 bits per heavy atom. The van der Waals surface area contributed by atoms with E-state index in [9.17, 15) is 25.6 Å². The summed E-state index contributed by atoms with van der Waals surface area (Å²) >= 11 is 5.81. The fourth-order valence-electron chi connectivity index (χ4n) is 2.78. The first-order valence-corrected chi connectivity index (χ1v) is 12.6. The summed E-state index contributed by atoms with van der Waals surface area (Å²) in [7, 11) is -7.58. The van der Waals surface area contributed by atoms with Crippen LogP contribution in [0.4, 0.5) is 8.78 Å². The minimum atomic E-state index is -4.03. The first-order chi connectivity index (χ1) is 14.5. The number of halogens is 3. The summed E-state index contributed by atoms with van der Waals surface area (Å²) in [5.74, 6) is -1.37. The summed E-state index contributed by atoms with van der Waals surface area (Å²) in [6, 6.07) is 11.0. The molecule has 0 atom stereocenters. The first kappa shape index (κ1) is 23.3. The number of hydrogen-bond acceptors (Lipinski definition) is 5. The molecule has 11 heteroatoms. The zero-order chi connectivity index (χ0) is 22.8. The van der Waals surface area contributed by atoms with Gasteiger partial charge in [-0.05, 0) is 59.7 Å². The van der Waals surface area contributed by atoms with Crippen molar-refractivity contribution in [2.75, 3.05) is 6.26 Å². The van der Waals surface area contributed by atoms with Crippen LogP contribution < -0.4 is 4.72 Å². The van der Waals surface area contributed by atoms with Crippen LogP contribution in [0.3, 0.4) is 0 Å². The number of rotatable bonds is 7. The predicted octanol–water partition coefficient (Wildman–Crippen LogP) is 3.49. The second-order valence-corrected chi connectivity index (χ2v) is 10.9. The molecule has 31 heavy (non-hydrogen) atoms. The van der Waals surface area contributed by atoms with Crippen LogP contribution in [-0.2, 0) is 32.8 Å². The summed E-state index contributed by atoms with van der Waals surface area (Å²) in [5.41, 5.74) is 0.369. The van der Waals surface area contributed by atoms with Crippen molar-refractivity contribution in [3.8, 4) is 0 Å². The molecule has 0 spiro atoms. The maximum Gasteiger partial charge on any atom is 0.223 e. The maximum atomic E-state index is 14.2. The molecule has 3 aromatic rings. The van der Waals surface area contributed by atoms with Gasteiger partial charge in [0.25, 0.3) is 0 Å². The third kappa shape index (κ3) is 5.85. The monoisotopic (exact) mass is 486 g/mol. The molecule has 0 aliphatic rings. The molecule has 0 saturated heterocycles. The number of hydrogen-bond donors (Lipinski definition) is 1. The maximum absolute atomic E-state index is 14.2. The molecular weight excluding hydrogens is 470 g/mol. The highest BCUT2D eigenvalue weighted by Gasteiger charge is 2.22. The molecule has 0 saturated carbocycles. The molecular formula is C20H17ClF2N2O4S2. The van der Waals surface area contributed by atoms with Crippen molar-refractivity contribution < 1.29 is 25.6 Å². The SMILES string of the molecule is CS(=O)(=O)NCc1ccc(S(=O)(=O)c2ccc(Cl)cc2)nc1Cc1cc(F)ccc1F. The molecule has 6 nitrogen and oxygen atoms in total. The quantitative estimate of drug-likeness (QED) is 0.552. The minimum Gasteiger partial charge on any atom is -0.240 e. The van der Waals surface area contributed by atoms with Crippen molar-refractivity contribution in [1.82, 2.24) is 9.71 Å². The number of pyridine rings is 1. The molecule has 1 N–H and O–H groups in total. The second kappa shape index (κ2) is 8.99. The Labute approximate surface area is 183 Å². The third-order valence-corrected chi connectivity index (χ3v) is 6.92. The van der Waals surface area contributed by atoms with Crippen LogP contribution in [0.5, 0.6) is 0 Å². The van der Waals surface area contributed by atoms with Gasteiger partial charge in [-0.2, -0.15) is 0 Å². The van der Waals surface area contributed by atoms with Gasteiger partial charge in [-0.3, -0.25) is 0 Å². The molecule has 0 aliphatic carbocycles. The third-order valence-electron chi connectivity index (χ3n) is 4.33. The summed E-state index contributed by atoms with van der Waals surface area (Å²) in [6.45, 7) is -0.195. The number of nitrogens with one attached hydrogen (secondary N) is 1. The average Bonchev–Trinajstić information content (AvgIpc) is 2.69. The van der Waals surface area contributed by atoms with Gasteiger partial charge in [0, 0.05) is 18.0 Å². The lowest BCUT2D eigenvalue weighted by Crippen LogP contribution is -2.22. The van der Waals surface area contributed by atoms with Gasteiger partial charge in [-0.1, -0.05) is 17.7 Å². The van der Waals surface area contributed by atoms with Gasteiger partial charge >= 0.3 is 0 Å². The highest BCUT2D eigenvalue weighted by Crippen LogP contribution is 2.24. The Kier molecular flexibility index (Phi) is 6.75. The fraction of sp³-hybridized carbons (Fsp3) is 0.150. The Hall–Kier alpha value is -2.40. The van der Waals surface area contributed by atoms with Crippen LogP contribution in [0.2, 0.25) is 5.02 Å². The van der Waals surface area contributed by atoms with Gasteiger partial charge in [0.05, 0.1) is 16.8 Å². The van der Waals surface area contributed by atoms with Gasteiger partial charge in [0.2, 0.25) is 19.9 Å². The normalized spacial score (nSPS) is 12.1. The summed E-state index contributed by atoms with van der Waals surface area (Å²) in [5, 5.41) is 0.0427. The van der Waals surface area contributed by atoms with E-state index in [1.165, 1.54) is 36.4 Å². The van der Waals surface area contributed by atoms with Crippen LogP contribution in [0, 0.1) is 11.6 Å². The average molecular weight is 487 g/mol. The first-order valence-electron chi connectivity index (χ1n) is 8.84. The molecule has 0 fully saturated rings. The van der Waals surface area contributed by atoms with E-state index in [0.29, 0.717) is 10.6 Å². The van der Waals surface area contributed by atoms with E-state index in [0.717, 1.165) is 24.5 Å². The minimum absolute atomic E-state index is 0.0469. The van der Waals surface area contributed by atoms with Gasteiger partial charge in [0.1, 0.15) is 11.6 Å². The molecule has 0 radical (unpaired) electrons. The fourth-order valence-corrected chi connectivity index (χ4v) is 4.53. The molecule has 0 amide bonds. The second-order valence-electron chi connectivity index (χ2n) is 6.72. The van der Waals surface area contributed by atoms with E-state index < -0.39 is 31.5 Å². The smallest absolute Gasteiger partial charge is 0.223 e. The summed E-state index contributed by atoms with van der Waals surface area (Å²) in [6.07, 6.45) is 0.722. The van der Waals surface area contributed by atoms with Gasteiger partial charge < -0.3 is 0 Å². The molecule has 164 valence electrons. The Morgan fingerprint density at radius 2 is 1.61 bits per heavy atom. The highest BCUT2D eigenvalue weighted by atomic mass is 35.5. The van der Waals surface area contributed by atoms with Crippen molar-refractivity contribution in [3.05, 3.63) is 88.1 Å². The molecule has 3 rings (SSSR count). The lowest BCUT2D eigenvalue weighted by atomic mass is 10.0. The van der Waals surface area contributed by atoms with E-state index in [1.54, 1.807) is 0 Å². The van der Waals surface area contributed by atoms with Crippen LogP contribution in [0.1, 0.15) is 16.8 Å². The van der Waals surface area contributed by atoms with Crippen molar-refractivity contribution in [2.45, 2.75) is 22.9 Å². The number of sulfone groups is 1. The van der Waals surface area contributed by atoms with Gasteiger partial charge in [-0.15, -0.1) is 0 Å². The Bertz CT molecular complexity index is 1330. The lowest BCUT2D eigenvalue weighted by Gasteiger charge is -2.13. The van der Waals surface area contributed by atoms with Gasteiger partial charge in [-0.25, -0.2) is 35.3 Å². The van der Waals surface area contributed by atoms with E-state index in [1.807, 2.05) is 0 Å². The van der Waals surface area contributed by atoms with Crippen LogP contribution >= 0.6 is 11.6 Å². The Morgan fingerprint density at radius 1 is 0.935 bits per heavy atom. The molecule has 2 aromatic carbocycles. The van der Waals surface area contributed by atoms with E-state index in [2.05, 4.69) is 9.71 Å². The van der Waals surface area contributed by atoms with E-state index in [4.69, 9.17) is 11.6 Å². The molecule has 1 heterocycles. The van der Waals surface area contributed by atoms with Crippen molar-refractivity contribution in [1.29, 1.82) is 0 Å². The lowest BCUT2D eigenvalue weighted by molar-refractivity contribution is 0.582. The van der Waals surface area contributed by atoms with E-state index >= 15 is 0 Å². The standard InChI is InChI=1S/C20H17ClF2N2O4S2/c1-30(26,27)24-12-13-2-9-20(31(28,29)17-6-3-15(21)4-7-17)25-19(13)11-14-10-16(22)5-8-18(14)23/h2-10,24H,11-12H2,1H3. The molecule has 0 bridgehead atoms. The van der Waals surface area contributed by atoms with E-state index in [-0.39, 0.29) is 34.1 Å². The van der Waals surface area contributed by atoms with Crippen LogP contribution in [-0.4, -0.2) is 28.1 Å². The number of sulfonamides is 1. The van der Waals surface area contributed by atoms with Crippen LogP contribution in [0.15, 0.2) is 64.5 Å². The zero-order valence-electron chi connectivity index (χ0n) is 16.1. The largest absolute Gasteiger partial charge is 0.240 e. The highest BCUT2D eigenvalue weighted by molar-refractivity contribution is 7.91. The van der Waals surface area contributed by atoms with Gasteiger partial charge in [0.15, 0.2) is 5.03 Å². The zero-order valence-corrected chi connectivity index (χ0v) is 18.5. The summed E-state index contributed by atoms with van der Waals surface area (Å²) < 4.78 is 78.9.